The quantitative estimate of drug-likeness (QED) is 0.684. The number of Topliss-reactive ketones (excluding diaryl/α,β-unsaturated/α-hetero) is 1. The van der Waals surface area contributed by atoms with Crippen LogP contribution < -0.4 is 0 Å². The predicted octanol–water partition coefficient (Wildman–Crippen LogP) is 3.46. The number of piperidine rings is 1. The van der Waals surface area contributed by atoms with Gasteiger partial charge in [0.2, 0.25) is 10.0 Å². The van der Waals surface area contributed by atoms with Crippen LogP contribution in [-0.2, 0) is 10.0 Å². The summed E-state index contributed by atoms with van der Waals surface area (Å²) >= 11 is 0. The third-order valence-electron chi connectivity index (χ3n) is 5.45. The van der Waals surface area contributed by atoms with Gasteiger partial charge in [0.05, 0.1) is 11.4 Å². The van der Waals surface area contributed by atoms with Crippen molar-refractivity contribution in [3.8, 4) is 0 Å². The first kappa shape index (κ1) is 18.8. The van der Waals surface area contributed by atoms with E-state index >= 15 is 0 Å². The molecule has 1 aliphatic rings. The van der Waals surface area contributed by atoms with Crippen molar-refractivity contribution in [2.75, 3.05) is 13.1 Å². The zero-order valence-corrected chi connectivity index (χ0v) is 16.8. The fourth-order valence-electron chi connectivity index (χ4n) is 4.00. The number of nitrogens with zero attached hydrogens (tertiary/aromatic N) is 2. The number of fused-ring (bicyclic) bond motifs is 1. The van der Waals surface area contributed by atoms with E-state index < -0.39 is 10.0 Å². The number of benzene rings is 2. The van der Waals surface area contributed by atoms with E-state index in [0.717, 1.165) is 10.8 Å². The van der Waals surface area contributed by atoms with Crippen molar-refractivity contribution in [2.24, 2.45) is 5.92 Å². The van der Waals surface area contributed by atoms with Crippen LogP contribution in [-0.4, -0.2) is 41.8 Å². The molecule has 0 unspecified atom stereocenters. The lowest BCUT2D eigenvalue weighted by Gasteiger charge is -2.31. The molecule has 1 aliphatic heterocycles. The smallest absolute Gasteiger partial charge is 0.246 e. The van der Waals surface area contributed by atoms with E-state index in [4.69, 9.17) is 0 Å². The molecular weight excluding hydrogens is 374 g/mol. The van der Waals surface area contributed by atoms with Gasteiger partial charge in [-0.05, 0) is 43.5 Å². The first-order valence-electron chi connectivity index (χ1n) is 9.42. The van der Waals surface area contributed by atoms with Gasteiger partial charge in [-0.2, -0.15) is 9.40 Å². The van der Waals surface area contributed by atoms with E-state index in [9.17, 15) is 13.2 Å². The molecule has 2 aromatic carbocycles. The number of aromatic nitrogens is 2. The zero-order chi connectivity index (χ0) is 19.9. The zero-order valence-electron chi connectivity index (χ0n) is 16.0. The molecule has 4 rings (SSSR count). The topological polar surface area (TPSA) is 83.1 Å². The lowest BCUT2D eigenvalue weighted by molar-refractivity contribution is 0.0872. The van der Waals surface area contributed by atoms with Crippen molar-refractivity contribution in [2.45, 2.75) is 31.6 Å². The van der Waals surface area contributed by atoms with Crippen LogP contribution in [0.4, 0.5) is 0 Å². The van der Waals surface area contributed by atoms with Crippen LogP contribution in [0.25, 0.3) is 10.8 Å². The molecule has 0 amide bonds. The van der Waals surface area contributed by atoms with Gasteiger partial charge in [0.1, 0.15) is 4.90 Å². The monoisotopic (exact) mass is 397 g/mol. The molecule has 1 fully saturated rings. The summed E-state index contributed by atoms with van der Waals surface area (Å²) in [5.74, 6) is -0.330. The molecule has 0 saturated carbocycles. The van der Waals surface area contributed by atoms with Crippen molar-refractivity contribution < 1.29 is 13.2 Å². The van der Waals surface area contributed by atoms with Crippen LogP contribution >= 0.6 is 0 Å². The number of hydrogen-bond donors (Lipinski definition) is 1. The second-order valence-electron chi connectivity index (χ2n) is 7.39. The highest BCUT2D eigenvalue weighted by Gasteiger charge is 2.36. The average molecular weight is 398 g/mol. The predicted molar refractivity (Wildman–Crippen MR) is 108 cm³/mol. The van der Waals surface area contributed by atoms with Gasteiger partial charge in [-0.15, -0.1) is 0 Å². The van der Waals surface area contributed by atoms with E-state index in [-0.39, 0.29) is 23.1 Å². The molecular formula is C21H23N3O3S. The molecule has 1 N–H and O–H groups in total. The lowest BCUT2D eigenvalue weighted by atomic mass is 9.90. The minimum Gasteiger partial charge on any atom is -0.294 e. The van der Waals surface area contributed by atoms with Gasteiger partial charge in [0, 0.05) is 24.6 Å². The Hall–Kier alpha value is -2.51. The minimum absolute atomic E-state index is 0.00582. The largest absolute Gasteiger partial charge is 0.294 e. The molecule has 0 spiro atoms. The van der Waals surface area contributed by atoms with Gasteiger partial charge < -0.3 is 0 Å². The highest BCUT2D eigenvalue weighted by molar-refractivity contribution is 7.89. The number of aryl methyl sites for hydroxylation is 2. The van der Waals surface area contributed by atoms with Crippen molar-refractivity contribution in [3.05, 3.63) is 59.4 Å². The van der Waals surface area contributed by atoms with Gasteiger partial charge in [0.25, 0.3) is 0 Å². The molecule has 0 bridgehead atoms. The van der Waals surface area contributed by atoms with Crippen LogP contribution in [0.1, 0.15) is 34.6 Å². The first-order valence-corrected chi connectivity index (χ1v) is 10.9. The number of rotatable bonds is 4. The molecule has 28 heavy (non-hydrogen) atoms. The average Bonchev–Trinajstić information content (AvgIpc) is 3.06. The third-order valence-corrected chi connectivity index (χ3v) is 7.58. The second kappa shape index (κ2) is 7.14. The van der Waals surface area contributed by atoms with Crippen molar-refractivity contribution in [3.63, 3.8) is 0 Å². The summed E-state index contributed by atoms with van der Waals surface area (Å²) in [6.45, 7) is 4.01. The molecule has 1 aromatic heterocycles. The molecule has 7 heteroatoms. The van der Waals surface area contributed by atoms with Crippen LogP contribution in [0.5, 0.6) is 0 Å². The number of nitrogens with one attached hydrogen (secondary N) is 1. The number of ketones is 1. The van der Waals surface area contributed by atoms with Gasteiger partial charge in [-0.1, -0.05) is 36.4 Å². The summed E-state index contributed by atoms with van der Waals surface area (Å²) in [6.07, 6.45) is 1.36. The van der Waals surface area contributed by atoms with Crippen LogP contribution in [0.15, 0.2) is 47.4 Å². The highest BCUT2D eigenvalue weighted by atomic mass is 32.2. The summed E-state index contributed by atoms with van der Waals surface area (Å²) in [6, 6.07) is 13.6. The molecule has 2 heterocycles. The third kappa shape index (κ3) is 3.25. The van der Waals surface area contributed by atoms with Crippen LogP contribution in [0.3, 0.4) is 0 Å². The number of carbonyl (C=O) groups is 1. The maximum absolute atomic E-state index is 13.1. The fourth-order valence-corrected chi connectivity index (χ4v) is 5.86. The van der Waals surface area contributed by atoms with Gasteiger partial charge >= 0.3 is 0 Å². The normalized spacial score (nSPS) is 18.4. The van der Waals surface area contributed by atoms with E-state index in [1.807, 2.05) is 42.5 Å². The Kier molecular flexibility index (Phi) is 4.81. The Bertz CT molecular complexity index is 1130. The Morgan fingerprint density at radius 3 is 2.61 bits per heavy atom. The molecule has 146 valence electrons. The van der Waals surface area contributed by atoms with Crippen LogP contribution in [0.2, 0.25) is 0 Å². The van der Waals surface area contributed by atoms with Crippen LogP contribution in [0, 0.1) is 19.8 Å². The summed E-state index contributed by atoms with van der Waals surface area (Å²) in [5.41, 5.74) is 1.62. The van der Waals surface area contributed by atoms with E-state index in [2.05, 4.69) is 10.2 Å². The molecule has 1 atom stereocenters. The summed E-state index contributed by atoms with van der Waals surface area (Å²) in [4.78, 5) is 13.3. The fraction of sp³-hybridized carbons (Fsp3) is 0.333. The summed E-state index contributed by atoms with van der Waals surface area (Å²) in [5, 5.41) is 8.84. The van der Waals surface area contributed by atoms with E-state index in [0.29, 0.717) is 36.3 Å². The SMILES string of the molecule is Cc1n[nH]c(C)c1S(=O)(=O)N1CCC[C@@H](C(=O)c2ccc3ccccc3c2)C1. The van der Waals surface area contributed by atoms with E-state index in [1.54, 1.807) is 13.8 Å². The van der Waals surface area contributed by atoms with Gasteiger partial charge in [-0.3, -0.25) is 9.89 Å². The maximum Gasteiger partial charge on any atom is 0.246 e. The number of sulfonamides is 1. The minimum atomic E-state index is -3.68. The first-order chi connectivity index (χ1) is 13.4. The van der Waals surface area contributed by atoms with Crippen molar-refractivity contribution in [1.29, 1.82) is 0 Å². The lowest BCUT2D eigenvalue weighted by Crippen LogP contribution is -2.42. The van der Waals surface area contributed by atoms with Gasteiger partial charge in [0.15, 0.2) is 5.78 Å². The summed E-state index contributed by atoms with van der Waals surface area (Å²) in [7, 11) is -3.68. The number of aromatic amines is 1. The number of H-pyrrole nitrogens is 1. The molecule has 0 radical (unpaired) electrons. The number of carbonyl (C=O) groups excluding carboxylic acids is 1. The number of hydrogen-bond acceptors (Lipinski definition) is 4. The molecule has 0 aliphatic carbocycles. The Balaban J connectivity index is 1.60. The second-order valence-corrected chi connectivity index (χ2v) is 9.27. The standard InChI is InChI=1S/C21H23N3O3S/c1-14-21(15(2)23-22-14)28(26,27)24-11-5-8-19(13-24)20(25)18-10-9-16-6-3-4-7-17(16)12-18/h3-4,6-7,9-10,12,19H,5,8,11,13H2,1-2H3,(H,22,23)/t19-/m1/s1. The Labute approximate surface area is 164 Å². The Morgan fingerprint density at radius 1 is 1.14 bits per heavy atom. The molecule has 6 nitrogen and oxygen atoms in total. The molecule has 1 saturated heterocycles. The molecule has 3 aromatic rings. The van der Waals surface area contributed by atoms with Crippen molar-refractivity contribution in [1.82, 2.24) is 14.5 Å². The summed E-state index contributed by atoms with van der Waals surface area (Å²) < 4.78 is 27.7. The Morgan fingerprint density at radius 2 is 1.89 bits per heavy atom. The maximum atomic E-state index is 13.1. The van der Waals surface area contributed by atoms with Gasteiger partial charge in [-0.25, -0.2) is 8.42 Å². The van der Waals surface area contributed by atoms with Crippen molar-refractivity contribution >= 4 is 26.6 Å². The highest BCUT2D eigenvalue weighted by Crippen LogP contribution is 2.29. The van der Waals surface area contributed by atoms with E-state index in [1.165, 1.54) is 4.31 Å².